The fourth-order valence-electron chi connectivity index (χ4n) is 2.82. The molecule has 0 fully saturated rings. The summed E-state index contributed by atoms with van der Waals surface area (Å²) in [6.45, 7) is 4.86. The maximum atomic E-state index is 13.1. The first-order valence-electron chi connectivity index (χ1n) is 8.04. The number of aryl methyl sites for hydroxylation is 1. The molecule has 0 unspecified atom stereocenters. The summed E-state index contributed by atoms with van der Waals surface area (Å²) in [5.74, 6) is 1.84. The fourth-order valence-corrected chi connectivity index (χ4v) is 4.37. The summed E-state index contributed by atoms with van der Waals surface area (Å²) >= 11 is 0. The zero-order valence-corrected chi connectivity index (χ0v) is 15.3. The predicted molar refractivity (Wildman–Crippen MR) is 95.4 cm³/mol. The first kappa shape index (κ1) is 17.4. The SMILES string of the molecule is CCN(c1ccc2c(c1)OCCO2)S(=O)(=O)c1ccc(OC)c(C)c1. The molecular formula is C18H21NO5S. The van der Waals surface area contributed by atoms with Crippen LogP contribution in [0.15, 0.2) is 41.3 Å². The summed E-state index contributed by atoms with van der Waals surface area (Å²) in [6.07, 6.45) is 0. The van der Waals surface area contributed by atoms with Gasteiger partial charge in [0, 0.05) is 12.6 Å². The third-order valence-electron chi connectivity index (χ3n) is 4.06. The van der Waals surface area contributed by atoms with E-state index in [1.807, 2.05) is 6.92 Å². The molecule has 0 saturated heterocycles. The van der Waals surface area contributed by atoms with Crippen molar-refractivity contribution in [1.82, 2.24) is 0 Å². The molecular weight excluding hydrogens is 342 g/mol. The molecule has 3 rings (SSSR count). The van der Waals surface area contributed by atoms with Gasteiger partial charge in [-0.2, -0.15) is 0 Å². The zero-order valence-electron chi connectivity index (χ0n) is 14.5. The topological polar surface area (TPSA) is 65.1 Å². The summed E-state index contributed by atoms with van der Waals surface area (Å²) in [5.41, 5.74) is 1.31. The molecule has 25 heavy (non-hydrogen) atoms. The zero-order chi connectivity index (χ0) is 18.0. The van der Waals surface area contributed by atoms with Crippen LogP contribution in [0.1, 0.15) is 12.5 Å². The van der Waals surface area contributed by atoms with Crippen molar-refractivity contribution in [2.75, 3.05) is 31.2 Å². The Morgan fingerprint density at radius 1 is 1.08 bits per heavy atom. The lowest BCUT2D eigenvalue weighted by molar-refractivity contribution is 0.171. The first-order chi connectivity index (χ1) is 12.0. The number of nitrogens with zero attached hydrogens (tertiary/aromatic N) is 1. The standard InChI is InChI=1S/C18H21NO5S/c1-4-19(14-5-7-17-18(12-14)24-10-9-23-17)25(20,21)15-6-8-16(22-3)13(2)11-15/h5-8,11-12H,4,9-10H2,1-3H3. The molecule has 1 aliphatic heterocycles. The predicted octanol–water partition coefficient (Wildman–Crippen LogP) is 2.99. The van der Waals surface area contributed by atoms with Gasteiger partial charge in [0.25, 0.3) is 10.0 Å². The second-order valence-electron chi connectivity index (χ2n) is 5.63. The monoisotopic (exact) mass is 363 g/mol. The van der Waals surface area contributed by atoms with Crippen molar-refractivity contribution in [3.63, 3.8) is 0 Å². The Kier molecular flexibility index (Phi) is 4.76. The average molecular weight is 363 g/mol. The molecule has 134 valence electrons. The highest BCUT2D eigenvalue weighted by Crippen LogP contribution is 2.36. The van der Waals surface area contributed by atoms with Crippen molar-refractivity contribution in [3.8, 4) is 17.2 Å². The van der Waals surface area contributed by atoms with Gasteiger partial charge in [-0.25, -0.2) is 8.42 Å². The number of fused-ring (bicyclic) bond motifs is 1. The summed E-state index contributed by atoms with van der Waals surface area (Å²) in [6, 6.07) is 10.0. The van der Waals surface area contributed by atoms with E-state index in [9.17, 15) is 8.42 Å². The molecule has 1 heterocycles. The molecule has 0 spiro atoms. The van der Waals surface area contributed by atoms with Gasteiger partial charge in [-0.15, -0.1) is 0 Å². The van der Waals surface area contributed by atoms with Crippen molar-refractivity contribution in [1.29, 1.82) is 0 Å². The van der Waals surface area contributed by atoms with Crippen molar-refractivity contribution in [2.45, 2.75) is 18.7 Å². The Hall–Kier alpha value is -2.41. The molecule has 0 aromatic heterocycles. The molecule has 0 aliphatic carbocycles. The molecule has 0 N–H and O–H groups in total. The molecule has 1 aliphatic rings. The number of rotatable bonds is 5. The van der Waals surface area contributed by atoms with Crippen LogP contribution in [0.25, 0.3) is 0 Å². The lowest BCUT2D eigenvalue weighted by Crippen LogP contribution is -2.31. The fraction of sp³-hybridized carbons (Fsp3) is 0.333. The minimum absolute atomic E-state index is 0.225. The molecule has 6 nitrogen and oxygen atoms in total. The van der Waals surface area contributed by atoms with Crippen LogP contribution in [0.5, 0.6) is 17.2 Å². The van der Waals surface area contributed by atoms with Crippen LogP contribution in [0.4, 0.5) is 5.69 Å². The number of benzene rings is 2. The highest BCUT2D eigenvalue weighted by Gasteiger charge is 2.25. The number of hydrogen-bond donors (Lipinski definition) is 0. The lowest BCUT2D eigenvalue weighted by Gasteiger charge is -2.25. The third kappa shape index (κ3) is 3.24. The van der Waals surface area contributed by atoms with Gasteiger partial charge in [-0.05, 0) is 49.7 Å². The number of methoxy groups -OCH3 is 1. The second kappa shape index (κ2) is 6.84. The summed E-state index contributed by atoms with van der Waals surface area (Å²) in [5, 5.41) is 0. The second-order valence-corrected chi connectivity index (χ2v) is 7.49. The van der Waals surface area contributed by atoms with Crippen LogP contribution in [0.2, 0.25) is 0 Å². The van der Waals surface area contributed by atoms with Crippen LogP contribution in [0, 0.1) is 6.92 Å². The molecule has 0 amide bonds. The normalized spacial score (nSPS) is 13.4. The van der Waals surface area contributed by atoms with Crippen molar-refractivity contribution in [3.05, 3.63) is 42.0 Å². The maximum Gasteiger partial charge on any atom is 0.264 e. The van der Waals surface area contributed by atoms with E-state index < -0.39 is 10.0 Å². The van der Waals surface area contributed by atoms with Crippen LogP contribution >= 0.6 is 0 Å². The third-order valence-corrected chi connectivity index (χ3v) is 5.95. The van der Waals surface area contributed by atoms with Crippen LogP contribution in [-0.2, 0) is 10.0 Å². The molecule has 0 atom stereocenters. The van der Waals surface area contributed by atoms with E-state index in [-0.39, 0.29) is 4.90 Å². The highest BCUT2D eigenvalue weighted by molar-refractivity contribution is 7.92. The van der Waals surface area contributed by atoms with E-state index in [1.165, 1.54) is 4.31 Å². The molecule has 7 heteroatoms. The van der Waals surface area contributed by atoms with Gasteiger partial charge < -0.3 is 14.2 Å². The quantitative estimate of drug-likeness (QED) is 0.817. The largest absolute Gasteiger partial charge is 0.496 e. The van der Waals surface area contributed by atoms with Crippen molar-refractivity contribution >= 4 is 15.7 Å². The van der Waals surface area contributed by atoms with E-state index in [0.717, 1.165) is 5.56 Å². The summed E-state index contributed by atoms with van der Waals surface area (Å²) in [4.78, 5) is 0.225. The number of anilines is 1. The Morgan fingerprint density at radius 2 is 1.80 bits per heavy atom. The first-order valence-corrected chi connectivity index (χ1v) is 9.48. The minimum atomic E-state index is -3.70. The van der Waals surface area contributed by atoms with E-state index in [2.05, 4.69) is 0 Å². The summed E-state index contributed by atoms with van der Waals surface area (Å²) in [7, 11) is -2.14. The molecule has 2 aromatic rings. The van der Waals surface area contributed by atoms with E-state index in [1.54, 1.807) is 50.4 Å². The van der Waals surface area contributed by atoms with E-state index >= 15 is 0 Å². The Morgan fingerprint density at radius 3 is 2.44 bits per heavy atom. The van der Waals surface area contributed by atoms with Crippen LogP contribution in [-0.4, -0.2) is 35.3 Å². The Bertz CT molecular complexity index is 879. The van der Waals surface area contributed by atoms with Gasteiger partial charge in [0.2, 0.25) is 0 Å². The van der Waals surface area contributed by atoms with Gasteiger partial charge in [0.05, 0.1) is 17.7 Å². The summed E-state index contributed by atoms with van der Waals surface area (Å²) < 4.78 is 43.8. The highest BCUT2D eigenvalue weighted by atomic mass is 32.2. The Balaban J connectivity index is 2.00. The van der Waals surface area contributed by atoms with Crippen molar-refractivity contribution < 1.29 is 22.6 Å². The van der Waals surface area contributed by atoms with Crippen molar-refractivity contribution in [2.24, 2.45) is 0 Å². The van der Waals surface area contributed by atoms with Crippen LogP contribution < -0.4 is 18.5 Å². The van der Waals surface area contributed by atoms with Gasteiger partial charge >= 0.3 is 0 Å². The lowest BCUT2D eigenvalue weighted by atomic mass is 10.2. The molecule has 0 radical (unpaired) electrons. The average Bonchev–Trinajstić information content (AvgIpc) is 2.62. The Labute approximate surface area is 148 Å². The van der Waals surface area contributed by atoms with Crippen LogP contribution in [0.3, 0.4) is 0 Å². The van der Waals surface area contributed by atoms with Gasteiger partial charge in [0.1, 0.15) is 19.0 Å². The molecule has 0 saturated carbocycles. The smallest absolute Gasteiger partial charge is 0.264 e. The maximum absolute atomic E-state index is 13.1. The van der Waals surface area contributed by atoms with Gasteiger partial charge in [0.15, 0.2) is 11.5 Å². The molecule has 0 bridgehead atoms. The van der Waals surface area contributed by atoms with Gasteiger partial charge in [-0.1, -0.05) is 0 Å². The minimum Gasteiger partial charge on any atom is -0.496 e. The molecule has 2 aromatic carbocycles. The van der Waals surface area contributed by atoms with E-state index in [4.69, 9.17) is 14.2 Å². The van der Waals surface area contributed by atoms with E-state index in [0.29, 0.717) is 42.7 Å². The number of ether oxygens (including phenoxy) is 3. The number of hydrogen-bond acceptors (Lipinski definition) is 5. The van der Waals surface area contributed by atoms with Gasteiger partial charge in [-0.3, -0.25) is 4.31 Å². The number of sulfonamides is 1.